The van der Waals surface area contributed by atoms with Crippen LogP contribution in [0.1, 0.15) is 29.6 Å². The van der Waals surface area contributed by atoms with E-state index in [4.69, 9.17) is 16.3 Å². The molecule has 2 nitrogen and oxygen atoms in total. The molecule has 108 valence electrons. The fraction of sp³-hybridized carbons (Fsp3) is 0.533. The van der Waals surface area contributed by atoms with Gasteiger partial charge in [-0.25, -0.2) is 0 Å². The van der Waals surface area contributed by atoms with Gasteiger partial charge in [-0.3, -0.25) is 4.79 Å². The molecule has 0 aromatic heterocycles. The number of carbonyl (C=O) groups excluding carboxylic acids is 1. The lowest BCUT2D eigenvalue weighted by Crippen LogP contribution is -2.42. The van der Waals surface area contributed by atoms with Gasteiger partial charge in [-0.2, -0.15) is 11.8 Å². The standard InChI is InChI=1S/C15H16BrClO2S/c16-12-7-10(1-2-13(12)17)14(18)11-3-5-19-15(8-11)4-6-20-9-15/h1-2,7,11H,3-6,8-9H2. The van der Waals surface area contributed by atoms with E-state index < -0.39 is 0 Å². The predicted molar refractivity (Wildman–Crippen MR) is 86.8 cm³/mol. The molecule has 0 N–H and O–H groups in total. The van der Waals surface area contributed by atoms with Gasteiger partial charge in [0.25, 0.3) is 0 Å². The maximum Gasteiger partial charge on any atom is 0.166 e. The van der Waals surface area contributed by atoms with E-state index in [0.29, 0.717) is 11.6 Å². The van der Waals surface area contributed by atoms with Crippen LogP contribution in [-0.4, -0.2) is 29.5 Å². The van der Waals surface area contributed by atoms with Gasteiger partial charge in [-0.05, 0) is 59.1 Å². The van der Waals surface area contributed by atoms with Gasteiger partial charge in [-0.1, -0.05) is 11.6 Å². The number of benzene rings is 1. The lowest BCUT2D eigenvalue weighted by molar-refractivity contribution is -0.0734. The molecule has 20 heavy (non-hydrogen) atoms. The summed E-state index contributed by atoms with van der Waals surface area (Å²) in [6.45, 7) is 0.700. The number of Topliss-reactive ketones (excluding diaryl/α,β-unsaturated/α-hetero) is 1. The normalized spacial score (nSPS) is 29.8. The zero-order valence-corrected chi connectivity index (χ0v) is 14.2. The minimum absolute atomic E-state index is 0.0487. The number of carbonyl (C=O) groups is 1. The fourth-order valence-electron chi connectivity index (χ4n) is 3.00. The first-order valence-corrected chi connectivity index (χ1v) is 9.13. The molecule has 2 fully saturated rings. The van der Waals surface area contributed by atoms with Crippen molar-refractivity contribution in [1.82, 2.24) is 0 Å². The molecular weight excluding hydrogens is 360 g/mol. The molecule has 2 unspecified atom stereocenters. The molecule has 2 aliphatic rings. The molecule has 2 aliphatic heterocycles. The first-order chi connectivity index (χ1) is 9.60. The zero-order chi connectivity index (χ0) is 14.2. The molecule has 1 aromatic carbocycles. The van der Waals surface area contributed by atoms with Crippen molar-refractivity contribution in [3.05, 3.63) is 33.3 Å². The van der Waals surface area contributed by atoms with Crippen molar-refractivity contribution in [2.45, 2.75) is 24.9 Å². The Labute approximate surface area is 136 Å². The van der Waals surface area contributed by atoms with Gasteiger partial charge in [0.05, 0.1) is 10.6 Å². The number of ketones is 1. The highest BCUT2D eigenvalue weighted by molar-refractivity contribution is 9.10. The second-order valence-corrected chi connectivity index (χ2v) is 7.88. The Balaban J connectivity index is 1.77. The van der Waals surface area contributed by atoms with Crippen molar-refractivity contribution < 1.29 is 9.53 Å². The van der Waals surface area contributed by atoms with Crippen LogP contribution in [0.25, 0.3) is 0 Å². The third kappa shape index (κ3) is 2.94. The van der Waals surface area contributed by atoms with Gasteiger partial charge >= 0.3 is 0 Å². The van der Waals surface area contributed by atoms with Crippen LogP contribution in [0.4, 0.5) is 0 Å². The van der Waals surface area contributed by atoms with Crippen LogP contribution >= 0.6 is 39.3 Å². The third-order valence-corrected chi connectivity index (χ3v) is 6.57. The minimum atomic E-state index is -0.0487. The monoisotopic (exact) mass is 374 g/mol. The van der Waals surface area contributed by atoms with E-state index in [1.165, 1.54) is 0 Å². The highest BCUT2D eigenvalue weighted by Gasteiger charge is 2.42. The summed E-state index contributed by atoms with van der Waals surface area (Å²) < 4.78 is 6.76. The summed E-state index contributed by atoms with van der Waals surface area (Å²) in [4.78, 5) is 12.7. The summed E-state index contributed by atoms with van der Waals surface area (Å²) in [6.07, 6.45) is 2.76. The van der Waals surface area contributed by atoms with E-state index >= 15 is 0 Å². The topological polar surface area (TPSA) is 26.3 Å². The summed E-state index contributed by atoms with van der Waals surface area (Å²) in [5, 5.41) is 0.636. The van der Waals surface area contributed by atoms with E-state index in [2.05, 4.69) is 15.9 Å². The maximum absolute atomic E-state index is 12.7. The summed E-state index contributed by atoms with van der Waals surface area (Å²) in [6, 6.07) is 5.43. The summed E-state index contributed by atoms with van der Waals surface area (Å²) in [7, 11) is 0. The Hall–Kier alpha value is -0.0300. The van der Waals surface area contributed by atoms with Crippen molar-refractivity contribution in [2.75, 3.05) is 18.1 Å². The molecule has 0 aliphatic carbocycles. The number of thioether (sulfide) groups is 1. The van der Waals surface area contributed by atoms with Gasteiger partial charge in [-0.15, -0.1) is 0 Å². The lowest BCUT2D eigenvalue weighted by Gasteiger charge is -2.37. The van der Waals surface area contributed by atoms with E-state index in [1.54, 1.807) is 6.07 Å². The van der Waals surface area contributed by atoms with Crippen molar-refractivity contribution >= 4 is 45.1 Å². The highest BCUT2D eigenvalue weighted by Crippen LogP contribution is 2.41. The molecule has 3 rings (SSSR count). The highest BCUT2D eigenvalue weighted by atomic mass is 79.9. The Morgan fingerprint density at radius 2 is 2.35 bits per heavy atom. The molecule has 2 saturated heterocycles. The van der Waals surface area contributed by atoms with Gasteiger partial charge in [0.1, 0.15) is 0 Å². The second-order valence-electron chi connectivity index (χ2n) is 5.52. The van der Waals surface area contributed by atoms with E-state index in [-0.39, 0.29) is 17.3 Å². The molecule has 0 saturated carbocycles. The first-order valence-electron chi connectivity index (χ1n) is 6.81. The molecule has 0 radical (unpaired) electrons. The Bertz CT molecular complexity index is 529. The first kappa shape index (κ1) is 14.9. The lowest BCUT2D eigenvalue weighted by atomic mass is 9.81. The van der Waals surface area contributed by atoms with Crippen molar-refractivity contribution in [2.24, 2.45) is 5.92 Å². The molecule has 1 aromatic rings. The quantitative estimate of drug-likeness (QED) is 0.707. The van der Waals surface area contributed by atoms with Crippen LogP contribution in [0.5, 0.6) is 0 Å². The van der Waals surface area contributed by atoms with Crippen molar-refractivity contribution in [3.63, 3.8) is 0 Å². The van der Waals surface area contributed by atoms with Gasteiger partial charge in [0.15, 0.2) is 5.78 Å². The number of hydrogen-bond donors (Lipinski definition) is 0. The van der Waals surface area contributed by atoms with Gasteiger partial charge < -0.3 is 4.74 Å². The molecule has 5 heteroatoms. The Morgan fingerprint density at radius 1 is 1.50 bits per heavy atom. The van der Waals surface area contributed by atoms with Gasteiger partial charge in [0, 0.05) is 28.3 Å². The average Bonchev–Trinajstić information content (AvgIpc) is 2.89. The maximum atomic E-state index is 12.7. The second kappa shape index (κ2) is 5.99. The molecule has 2 atom stereocenters. The minimum Gasteiger partial charge on any atom is -0.374 e. The summed E-state index contributed by atoms with van der Waals surface area (Å²) in [5.74, 6) is 2.48. The van der Waals surface area contributed by atoms with Crippen molar-refractivity contribution in [3.8, 4) is 0 Å². The van der Waals surface area contributed by atoms with Crippen LogP contribution in [0.3, 0.4) is 0 Å². The summed E-state index contributed by atoms with van der Waals surface area (Å²) >= 11 is 11.3. The van der Waals surface area contributed by atoms with Crippen LogP contribution in [0, 0.1) is 5.92 Å². The zero-order valence-electron chi connectivity index (χ0n) is 11.0. The molecule has 2 heterocycles. The number of ether oxygens (including phenoxy) is 1. The molecular formula is C15H16BrClO2S. The van der Waals surface area contributed by atoms with Gasteiger partial charge in [0.2, 0.25) is 0 Å². The van der Waals surface area contributed by atoms with E-state index in [9.17, 15) is 4.79 Å². The summed E-state index contributed by atoms with van der Waals surface area (Å²) in [5.41, 5.74) is 0.696. The van der Waals surface area contributed by atoms with Crippen LogP contribution < -0.4 is 0 Å². The fourth-order valence-corrected chi connectivity index (χ4v) is 4.87. The van der Waals surface area contributed by atoms with E-state index in [0.717, 1.165) is 40.8 Å². The largest absolute Gasteiger partial charge is 0.374 e. The molecule has 1 spiro atoms. The Morgan fingerprint density at radius 3 is 3.05 bits per heavy atom. The van der Waals surface area contributed by atoms with Crippen molar-refractivity contribution in [1.29, 1.82) is 0 Å². The van der Waals surface area contributed by atoms with E-state index in [1.807, 2.05) is 23.9 Å². The van der Waals surface area contributed by atoms with Crippen LogP contribution in [-0.2, 0) is 4.74 Å². The average molecular weight is 376 g/mol. The molecule has 0 bridgehead atoms. The Kier molecular flexibility index (Phi) is 4.46. The number of rotatable bonds is 2. The SMILES string of the molecule is O=C(c1ccc(Cl)c(Br)c1)C1CCOC2(CCSC2)C1. The number of hydrogen-bond acceptors (Lipinski definition) is 3. The van der Waals surface area contributed by atoms with Crippen LogP contribution in [0.2, 0.25) is 5.02 Å². The third-order valence-electron chi connectivity index (χ3n) is 4.14. The predicted octanol–water partition coefficient (Wildman–Crippen LogP) is 4.59. The van der Waals surface area contributed by atoms with Crippen LogP contribution in [0.15, 0.2) is 22.7 Å². The number of halogens is 2. The smallest absolute Gasteiger partial charge is 0.166 e. The molecule has 0 amide bonds.